The van der Waals surface area contributed by atoms with Gasteiger partial charge in [-0.25, -0.2) is 0 Å². The molecule has 0 fully saturated rings. The first kappa shape index (κ1) is 21.0. The number of hydrogen-bond acceptors (Lipinski definition) is 3. The predicted molar refractivity (Wildman–Crippen MR) is 113 cm³/mol. The summed E-state index contributed by atoms with van der Waals surface area (Å²) in [6.45, 7) is 8.18. The lowest BCUT2D eigenvalue weighted by Gasteiger charge is -2.18. The first-order valence-electron chi connectivity index (χ1n) is 9.37. The van der Waals surface area contributed by atoms with Crippen molar-refractivity contribution in [1.29, 1.82) is 0 Å². The summed E-state index contributed by atoms with van der Waals surface area (Å²) in [6.07, 6.45) is 3.64. The Balaban J connectivity index is 2.08. The highest BCUT2D eigenvalue weighted by molar-refractivity contribution is 7.85. The maximum atomic E-state index is 12.2. The molecule has 0 radical (unpaired) electrons. The minimum Gasteiger partial charge on any atom is -0.288 e. The van der Waals surface area contributed by atoms with E-state index >= 15 is 0 Å². The Kier molecular flexibility index (Phi) is 5.47. The van der Waals surface area contributed by atoms with E-state index in [2.05, 4.69) is 4.58 Å². The smallest absolute Gasteiger partial charge is 0.288 e. The lowest BCUT2D eigenvalue weighted by molar-refractivity contribution is -0.433. The van der Waals surface area contributed by atoms with Crippen molar-refractivity contribution in [3.05, 3.63) is 66.4 Å². The Morgan fingerprint density at radius 3 is 2.38 bits per heavy atom. The van der Waals surface area contributed by atoms with E-state index < -0.39 is 15.5 Å². The summed E-state index contributed by atoms with van der Waals surface area (Å²) >= 11 is 0. The Bertz CT molecular complexity index is 1120. The zero-order valence-corrected chi connectivity index (χ0v) is 17.8. The lowest BCUT2D eigenvalue weighted by Crippen LogP contribution is -2.29. The van der Waals surface area contributed by atoms with Crippen LogP contribution in [0.4, 0.5) is 11.4 Å². The highest BCUT2D eigenvalue weighted by Gasteiger charge is 2.44. The Labute approximate surface area is 171 Å². The average molecular weight is 414 g/mol. The van der Waals surface area contributed by atoms with Gasteiger partial charge < -0.3 is 0 Å². The molecular weight excluding hydrogens is 388 g/mol. The van der Waals surface area contributed by atoms with Crippen molar-refractivity contribution in [2.75, 3.05) is 11.4 Å². The monoisotopic (exact) mass is 413 g/mol. The fraction of sp³-hybridized carbons (Fsp3) is 0.273. The Morgan fingerprint density at radius 2 is 1.83 bits per heavy atom. The average Bonchev–Trinajstić information content (AvgIpc) is 2.88. The molecule has 0 bridgehead atoms. The van der Waals surface area contributed by atoms with Crippen LogP contribution in [0.1, 0.15) is 33.3 Å². The summed E-state index contributed by atoms with van der Waals surface area (Å²) in [5.74, 6) is -0.113. The third kappa shape index (κ3) is 3.88. The van der Waals surface area contributed by atoms with Crippen LogP contribution in [0, 0.1) is 0 Å². The van der Waals surface area contributed by atoms with Gasteiger partial charge in [0.25, 0.3) is 10.1 Å². The van der Waals surface area contributed by atoms with Gasteiger partial charge >= 0.3 is 0 Å². The van der Waals surface area contributed by atoms with Crippen LogP contribution in [0.2, 0.25) is 0 Å². The van der Waals surface area contributed by atoms with Gasteiger partial charge in [0.05, 0.1) is 10.3 Å². The molecule has 0 saturated heterocycles. The van der Waals surface area contributed by atoms with Gasteiger partial charge in [-0.15, -0.1) is 0 Å². The van der Waals surface area contributed by atoms with Crippen LogP contribution < -0.4 is 4.90 Å². The molecule has 2 aromatic carbocycles. The van der Waals surface area contributed by atoms with Gasteiger partial charge in [0.2, 0.25) is 11.6 Å². The molecule has 1 aliphatic rings. The maximum absolute atomic E-state index is 12.2. The van der Waals surface area contributed by atoms with Crippen LogP contribution in [0.15, 0.2) is 65.7 Å². The largest absolute Gasteiger partial charge is 0.294 e. The number of amides is 1. The van der Waals surface area contributed by atoms with Crippen LogP contribution >= 0.6 is 0 Å². The molecule has 1 amide bonds. The number of anilines is 1. The molecule has 1 heterocycles. The predicted octanol–water partition coefficient (Wildman–Crippen LogP) is 3.90. The van der Waals surface area contributed by atoms with Crippen molar-refractivity contribution >= 4 is 33.1 Å². The zero-order chi connectivity index (χ0) is 21.4. The topological polar surface area (TPSA) is 77.7 Å². The number of carbonyl (C=O) groups excluding carboxylic acids is 1. The minimum atomic E-state index is -4.29. The number of para-hydroxylation sites is 1. The molecule has 0 aliphatic carbocycles. The highest BCUT2D eigenvalue weighted by atomic mass is 32.2. The molecule has 0 saturated carbocycles. The summed E-state index contributed by atoms with van der Waals surface area (Å²) in [4.78, 5) is 13.6. The number of allylic oxidation sites excluding steroid dienone is 1. The molecule has 0 atom stereocenters. The molecule has 1 aliphatic heterocycles. The molecule has 6 nitrogen and oxygen atoms in total. The Morgan fingerprint density at radius 1 is 1.17 bits per heavy atom. The molecule has 2 aromatic rings. The first-order chi connectivity index (χ1) is 13.6. The van der Waals surface area contributed by atoms with Crippen molar-refractivity contribution in [3.8, 4) is 0 Å². The molecule has 0 unspecified atom stereocenters. The second-order valence-electron chi connectivity index (χ2n) is 7.45. The van der Waals surface area contributed by atoms with Gasteiger partial charge in [-0.3, -0.25) is 14.2 Å². The highest BCUT2D eigenvalue weighted by Crippen LogP contribution is 2.41. The van der Waals surface area contributed by atoms with Crippen LogP contribution in [0.3, 0.4) is 0 Å². The molecule has 0 aromatic heterocycles. The summed E-state index contributed by atoms with van der Waals surface area (Å²) in [7, 11) is -4.29. The SMILES string of the molecule is CC[N+]1=C(/C=C/N(C(C)=O)c2ccccc2)C(C)(C)c2cc(S(=O)(=O)O)ccc21. The number of rotatable bonds is 5. The van der Waals surface area contributed by atoms with Crippen molar-refractivity contribution in [3.63, 3.8) is 0 Å². The van der Waals surface area contributed by atoms with E-state index in [1.54, 1.807) is 17.2 Å². The summed E-state index contributed by atoms with van der Waals surface area (Å²) in [5, 5.41) is 0. The zero-order valence-electron chi connectivity index (χ0n) is 17.0. The summed E-state index contributed by atoms with van der Waals surface area (Å²) < 4.78 is 34.7. The number of carbonyl (C=O) groups is 1. The van der Waals surface area contributed by atoms with E-state index in [1.807, 2.05) is 57.2 Å². The number of benzene rings is 2. The standard InChI is InChI=1S/C22H24N2O4S/c1-5-23-20-12-11-18(29(26,27)28)15-19(20)22(3,4)21(23)13-14-24(16(2)25)17-9-7-6-8-10-17/h6-15H,5H2,1-4H3/p+1. The molecule has 0 spiro atoms. The number of nitrogens with zero attached hydrogens (tertiary/aromatic N) is 2. The van der Waals surface area contributed by atoms with Crippen LogP contribution in [0.25, 0.3) is 0 Å². The van der Waals surface area contributed by atoms with E-state index in [0.717, 1.165) is 22.6 Å². The molecule has 29 heavy (non-hydrogen) atoms. The third-order valence-corrected chi connectivity index (χ3v) is 6.08. The van der Waals surface area contributed by atoms with Gasteiger partial charge in [-0.05, 0) is 45.0 Å². The molecule has 1 N–H and O–H groups in total. The van der Waals surface area contributed by atoms with Gasteiger partial charge in [-0.2, -0.15) is 13.0 Å². The second-order valence-corrected chi connectivity index (χ2v) is 8.87. The fourth-order valence-electron chi connectivity index (χ4n) is 3.76. The van der Waals surface area contributed by atoms with E-state index in [-0.39, 0.29) is 10.8 Å². The van der Waals surface area contributed by atoms with Crippen molar-refractivity contribution in [1.82, 2.24) is 0 Å². The van der Waals surface area contributed by atoms with Gasteiger partial charge in [0, 0.05) is 36.5 Å². The van der Waals surface area contributed by atoms with E-state index in [9.17, 15) is 17.8 Å². The van der Waals surface area contributed by atoms with E-state index in [1.165, 1.54) is 19.1 Å². The molecule has 7 heteroatoms. The van der Waals surface area contributed by atoms with Crippen molar-refractivity contribution in [2.45, 2.75) is 38.0 Å². The van der Waals surface area contributed by atoms with Gasteiger partial charge in [-0.1, -0.05) is 18.2 Å². The van der Waals surface area contributed by atoms with Crippen LogP contribution in [-0.2, 0) is 20.3 Å². The second kappa shape index (κ2) is 7.57. The summed E-state index contributed by atoms with van der Waals surface area (Å²) in [5.41, 5.74) is 2.88. The lowest BCUT2D eigenvalue weighted by atomic mass is 9.81. The molecule has 3 rings (SSSR count). The maximum Gasteiger partial charge on any atom is 0.294 e. The summed E-state index contributed by atoms with van der Waals surface area (Å²) in [6, 6.07) is 14.0. The van der Waals surface area contributed by atoms with Crippen molar-refractivity contribution < 1.29 is 22.3 Å². The normalized spacial score (nSPS) is 15.6. The fourth-order valence-corrected chi connectivity index (χ4v) is 4.27. The quantitative estimate of drug-likeness (QED) is 0.596. The Hall–Kier alpha value is -2.77. The van der Waals surface area contributed by atoms with Crippen LogP contribution in [-0.4, -0.2) is 35.7 Å². The molecule has 152 valence electrons. The van der Waals surface area contributed by atoms with E-state index in [0.29, 0.717) is 6.54 Å². The first-order valence-corrected chi connectivity index (χ1v) is 10.8. The van der Waals surface area contributed by atoms with Crippen LogP contribution in [0.5, 0.6) is 0 Å². The van der Waals surface area contributed by atoms with E-state index in [4.69, 9.17) is 0 Å². The number of fused-ring (bicyclic) bond motifs is 1. The van der Waals surface area contributed by atoms with Gasteiger partial charge in [0.15, 0.2) is 5.71 Å². The molecular formula is C22H25N2O4S+. The van der Waals surface area contributed by atoms with Crippen molar-refractivity contribution in [2.24, 2.45) is 0 Å². The third-order valence-electron chi connectivity index (χ3n) is 5.23. The van der Waals surface area contributed by atoms with Gasteiger partial charge in [0.1, 0.15) is 6.54 Å². The number of hydrogen-bond donors (Lipinski definition) is 1. The minimum absolute atomic E-state index is 0.113.